The molecule has 1 N–H and O–H groups in total. The quantitative estimate of drug-likeness (QED) is 0.651. The van der Waals surface area contributed by atoms with E-state index in [1.807, 2.05) is 0 Å². The molecule has 0 radical (unpaired) electrons. The summed E-state index contributed by atoms with van der Waals surface area (Å²) >= 11 is 0. The molecule has 0 saturated carbocycles. The third-order valence-corrected chi connectivity index (χ3v) is 5.13. The summed E-state index contributed by atoms with van der Waals surface area (Å²) in [5, 5.41) is 12.9. The van der Waals surface area contributed by atoms with E-state index in [0.717, 1.165) is 10.6 Å². The average molecular weight is 374 g/mol. The van der Waals surface area contributed by atoms with E-state index in [2.05, 4.69) is 5.10 Å². The van der Waals surface area contributed by atoms with Crippen LogP contribution in [0.15, 0.2) is 18.5 Å². The molecular formula is C14H22N4O6S. The van der Waals surface area contributed by atoms with E-state index in [1.165, 1.54) is 0 Å². The van der Waals surface area contributed by atoms with Gasteiger partial charge in [0.1, 0.15) is 12.6 Å². The molecule has 2 unspecified atom stereocenters. The van der Waals surface area contributed by atoms with Gasteiger partial charge in [0.25, 0.3) is 0 Å². The SMILES string of the molecule is CC(C(=O)N1CCOC(CN(CC(=O)O)S(C)(=O)=O)C1)n1cccn1. The second kappa shape index (κ2) is 7.93. The maximum absolute atomic E-state index is 12.6. The smallest absolute Gasteiger partial charge is 0.318 e. The predicted octanol–water partition coefficient (Wildman–Crippen LogP) is -0.982. The summed E-state index contributed by atoms with van der Waals surface area (Å²) < 4.78 is 31.4. The standard InChI is InChI=1S/C14H22N4O6S/c1-11(18-5-3-4-15-18)14(21)16-6-7-24-12(8-16)9-17(10-13(19)20)25(2,22)23/h3-5,11-12H,6-10H2,1-2H3,(H,19,20). The molecule has 11 heteroatoms. The lowest BCUT2D eigenvalue weighted by Gasteiger charge is -2.36. The first-order valence-electron chi connectivity index (χ1n) is 7.75. The number of aromatic nitrogens is 2. The van der Waals surface area contributed by atoms with Crippen LogP contribution in [0, 0.1) is 0 Å². The molecule has 25 heavy (non-hydrogen) atoms. The number of ether oxygens (including phenoxy) is 1. The number of carboxylic acids is 1. The Bertz CT molecular complexity index is 705. The zero-order valence-corrected chi connectivity index (χ0v) is 14.9. The molecule has 0 aromatic carbocycles. The molecule has 0 bridgehead atoms. The molecule has 1 aliphatic rings. The highest BCUT2D eigenvalue weighted by Gasteiger charge is 2.31. The lowest BCUT2D eigenvalue weighted by Crippen LogP contribution is -2.52. The van der Waals surface area contributed by atoms with Gasteiger partial charge in [-0.2, -0.15) is 9.40 Å². The van der Waals surface area contributed by atoms with Crippen molar-refractivity contribution in [3.63, 3.8) is 0 Å². The molecule has 1 aromatic heterocycles. The number of hydrogen-bond donors (Lipinski definition) is 1. The first kappa shape index (κ1) is 19.3. The summed E-state index contributed by atoms with van der Waals surface area (Å²) in [5.74, 6) is -1.40. The van der Waals surface area contributed by atoms with Crippen molar-refractivity contribution in [2.45, 2.75) is 19.1 Å². The van der Waals surface area contributed by atoms with E-state index in [9.17, 15) is 18.0 Å². The molecule has 1 fully saturated rings. The second-order valence-corrected chi connectivity index (χ2v) is 7.87. The van der Waals surface area contributed by atoms with Crippen LogP contribution < -0.4 is 0 Å². The predicted molar refractivity (Wildman–Crippen MR) is 87.3 cm³/mol. The monoisotopic (exact) mass is 374 g/mol. The number of carbonyl (C=O) groups excluding carboxylic acids is 1. The number of rotatable bonds is 7. The minimum Gasteiger partial charge on any atom is -0.480 e. The molecule has 2 rings (SSSR count). The lowest BCUT2D eigenvalue weighted by molar-refractivity contribution is -0.143. The van der Waals surface area contributed by atoms with Gasteiger partial charge in [-0.1, -0.05) is 0 Å². The molecule has 1 aromatic rings. The van der Waals surface area contributed by atoms with Crippen LogP contribution in [0.1, 0.15) is 13.0 Å². The Kier molecular flexibility index (Phi) is 6.14. The van der Waals surface area contributed by atoms with Crippen molar-refractivity contribution in [3.05, 3.63) is 18.5 Å². The molecular weight excluding hydrogens is 352 g/mol. The Morgan fingerprint density at radius 1 is 1.48 bits per heavy atom. The van der Waals surface area contributed by atoms with Crippen molar-refractivity contribution in [2.75, 3.05) is 39.0 Å². The maximum atomic E-state index is 12.6. The summed E-state index contributed by atoms with van der Waals surface area (Å²) in [6, 6.07) is 1.24. The van der Waals surface area contributed by atoms with Crippen molar-refractivity contribution in [3.8, 4) is 0 Å². The average Bonchev–Trinajstić information content (AvgIpc) is 3.06. The third-order valence-electron chi connectivity index (χ3n) is 3.92. The van der Waals surface area contributed by atoms with Crippen molar-refractivity contribution in [1.82, 2.24) is 19.0 Å². The topological polar surface area (TPSA) is 122 Å². The number of carbonyl (C=O) groups is 2. The van der Waals surface area contributed by atoms with E-state index in [4.69, 9.17) is 9.84 Å². The van der Waals surface area contributed by atoms with Crippen LogP contribution in [0.25, 0.3) is 0 Å². The van der Waals surface area contributed by atoms with Gasteiger partial charge < -0.3 is 14.7 Å². The highest BCUT2D eigenvalue weighted by Crippen LogP contribution is 2.14. The summed E-state index contributed by atoms with van der Waals surface area (Å²) in [4.78, 5) is 25.0. The molecule has 2 atom stereocenters. The Morgan fingerprint density at radius 3 is 2.76 bits per heavy atom. The molecule has 2 heterocycles. The molecule has 1 saturated heterocycles. The number of aliphatic carboxylic acids is 1. The van der Waals surface area contributed by atoms with Gasteiger partial charge in [-0.3, -0.25) is 14.3 Å². The van der Waals surface area contributed by atoms with Crippen LogP contribution in [0.2, 0.25) is 0 Å². The van der Waals surface area contributed by atoms with Gasteiger partial charge in [-0.05, 0) is 13.0 Å². The molecule has 0 spiro atoms. The minimum atomic E-state index is -3.69. The van der Waals surface area contributed by atoms with Crippen molar-refractivity contribution >= 4 is 21.9 Å². The van der Waals surface area contributed by atoms with Gasteiger partial charge in [-0.15, -0.1) is 0 Å². The summed E-state index contributed by atoms with van der Waals surface area (Å²) in [6.07, 6.45) is 3.64. The number of hydrogen-bond acceptors (Lipinski definition) is 6. The van der Waals surface area contributed by atoms with Crippen LogP contribution in [0.3, 0.4) is 0 Å². The Hall–Kier alpha value is -1.98. The summed E-state index contributed by atoms with van der Waals surface area (Å²) in [7, 11) is -3.69. The van der Waals surface area contributed by atoms with Crippen LogP contribution in [0.4, 0.5) is 0 Å². The molecule has 140 valence electrons. The maximum Gasteiger partial charge on any atom is 0.318 e. The van der Waals surface area contributed by atoms with Gasteiger partial charge in [0.2, 0.25) is 15.9 Å². The van der Waals surface area contributed by atoms with Crippen LogP contribution >= 0.6 is 0 Å². The Labute approximate surface area is 146 Å². The summed E-state index contributed by atoms with van der Waals surface area (Å²) in [6.45, 7) is 1.80. The lowest BCUT2D eigenvalue weighted by atomic mass is 10.2. The van der Waals surface area contributed by atoms with E-state index in [-0.39, 0.29) is 25.6 Å². The van der Waals surface area contributed by atoms with Gasteiger partial charge >= 0.3 is 5.97 Å². The minimum absolute atomic E-state index is 0.120. The van der Waals surface area contributed by atoms with Crippen molar-refractivity contribution < 1.29 is 27.9 Å². The van der Waals surface area contributed by atoms with Gasteiger partial charge in [0, 0.05) is 32.0 Å². The molecule has 10 nitrogen and oxygen atoms in total. The zero-order valence-electron chi connectivity index (χ0n) is 14.1. The van der Waals surface area contributed by atoms with E-state index >= 15 is 0 Å². The van der Waals surface area contributed by atoms with Crippen LogP contribution in [-0.2, 0) is 24.3 Å². The molecule has 1 amide bonds. The highest BCUT2D eigenvalue weighted by atomic mass is 32.2. The normalized spacial score (nSPS) is 19.8. The second-order valence-electron chi connectivity index (χ2n) is 5.89. The van der Waals surface area contributed by atoms with E-state index < -0.39 is 34.7 Å². The number of amides is 1. The first-order chi connectivity index (χ1) is 11.7. The highest BCUT2D eigenvalue weighted by molar-refractivity contribution is 7.88. The van der Waals surface area contributed by atoms with E-state index in [1.54, 1.807) is 35.0 Å². The van der Waals surface area contributed by atoms with Crippen molar-refractivity contribution in [2.24, 2.45) is 0 Å². The third kappa shape index (κ3) is 5.25. The number of morpholine rings is 1. The first-order valence-corrected chi connectivity index (χ1v) is 9.59. The number of sulfonamides is 1. The van der Waals surface area contributed by atoms with Crippen LogP contribution in [0.5, 0.6) is 0 Å². The largest absolute Gasteiger partial charge is 0.480 e. The Balaban J connectivity index is 2.02. The number of nitrogens with zero attached hydrogens (tertiary/aromatic N) is 4. The zero-order chi connectivity index (χ0) is 18.6. The van der Waals surface area contributed by atoms with E-state index in [0.29, 0.717) is 6.54 Å². The fraction of sp³-hybridized carbons (Fsp3) is 0.643. The molecule has 0 aliphatic carbocycles. The number of carboxylic acid groups (broad SMARTS) is 1. The van der Waals surface area contributed by atoms with Gasteiger partial charge in [0.05, 0.1) is 19.0 Å². The van der Waals surface area contributed by atoms with Crippen molar-refractivity contribution in [1.29, 1.82) is 0 Å². The van der Waals surface area contributed by atoms with Crippen LogP contribution in [-0.4, -0.2) is 89.5 Å². The summed E-state index contributed by atoms with van der Waals surface area (Å²) in [5.41, 5.74) is 0. The fourth-order valence-corrected chi connectivity index (χ4v) is 3.39. The molecule has 1 aliphatic heterocycles. The Morgan fingerprint density at radius 2 is 2.20 bits per heavy atom. The van der Waals surface area contributed by atoms with Gasteiger partial charge in [0.15, 0.2) is 0 Å². The fourth-order valence-electron chi connectivity index (χ4n) is 2.61. The van der Waals surface area contributed by atoms with Gasteiger partial charge in [-0.25, -0.2) is 8.42 Å².